The number of carbonyl (C=O) groups is 3. The second-order valence-electron chi connectivity index (χ2n) is 8.11. The molecule has 166 valence electrons. The molecule has 8 heteroatoms. The van der Waals surface area contributed by atoms with Crippen LogP contribution in [0, 0.1) is 0 Å². The Morgan fingerprint density at radius 3 is 2.29 bits per heavy atom. The van der Waals surface area contributed by atoms with Gasteiger partial charge >= 0.3 is 5.91 Å². The van der Waals surface area contributed by atoms with Crippen LogP contribution >= 0.6 is 0 Å². The number of rotatable bonds is 3. The zero-order valence-corrected chi connectivity index (χ0v) is 17.7. The maximum atomic E-state index is 13.9. The average Bonchev–Trinajstić information content (AvgIpc) is 3.39. The summed E-state index contributed by atoms with van der Waals surface area (Å²) in [6.45, 7) is 0. The van der Waals surface area contributed by atoms with Gasteiger partial charge in [-0.3, -0.25) is 30.1 Å². The Bertz CT molecular complexity index is 1540. The number of aromatic nitrogens is 1. The molecule has 0 spiro atoms. The molecule has 2 aliphatic rings. The fourth-order valence-corrected chi connectivity index (χ4v) is 4.93. The van der Waals surface area contributed by atoms with Crippen molar-refractivity contribution in [3.63, 3.8) is 0 Å². The predicted molar refractivity (Wildman–Crippen MR) is 125 cm³/mol. The molecule has 6 rings (SSSR count). The first-order valence-electron chi connectivity index (χ1n) is 10.6. The number of carbonyl (C=O) groups excluding carboxylic acids is 3. The number of ketones is 1. The summed E-state index contributed by atoms with van der Waals surface area (Å²) in [5.41, 5.74) is 5.82. The Kier molecular flexibility index (Phi) is 4.12. The number of hydrogen-bond donors (Lipinski definition) is 4. The number of anilines is 1. The molecule has 8 nitrogen and oxygen atoms in total. The molecule has 1 unspecified atom stereocenters. The third kappa shape index (κ3) is 2.44. The summed E-state index contributed by atoms with van der Waals surface area (Å²) in [5, 5.41) is 11.4. The number of hydrogen-bond acceptors (Lipinski definition) is 5. The largest absolute Gasteiger partial charge is 0.506 e. The molecule has 2 aliphatic heterocycles. The number of phenols is 1. The van der Waals surface area contributed by atoms with Crippen molar-refractivity contribution in [2.45, 2.75) is 5.54 Å². The van der Waals surface area contributed by atoms with Crippen molar-refractivity contribution < 1.29 is 19.5 Å². The molecule has 34 heavy (non-hydrogen) atoms. The van der Waals surface area contributed by atoms with E-state index in [0.717, 1.165) is 10.4 Å². The monoisotopic (exact) mass is 450 g/mol. The summed E-state index contributed by atoms with van der Waals surface area (Å²) in [6, 6.07) is 22.5. The van der Waals surface area contributed by atoms with Gasteiger partial charge in [0.2, 0.25) is 0 Å². The molecule has 1 atom stereocenters. The Morgan fingerprint density at radius 1 is 0.794 bits per heavy atom. The number of H-pyrrole nitrogens is 1. The van der Waals surface area contributed by atoms with E-state index in [1.807, 2.05) is 30.3 Å². The number of nitrogens with zero attached hydrogens (tertiary/aromatic N) is 1. The van der Waals surface area contributed by atoms with Crippen LogP contribution in [0.4, 0.5) is 5.69 Å². The second-order valence-corrected chi connectivity index (χ2v) is 8.11. The Balaban J connectivity index is 1.78. The summed E-state index contributed by atoms with van der Waals surface area (Å²) < 4.78 is 0. The summed E-state index contributed by atoms with van der Waals surface area (Å²) in [5.74, 6) is -2.57. The number of nitrogens with one attached hydrogen (secondary N) is 3. The van der Waals surface area contributed by atoms with E-state index in [0.29, 0.717) is 22.2 Å². The zero-order chi connectivity index (χ0) is 23.4. The fraction of sp³-hybridized carbons (Fsp3) is 0.0385. The number of aromatic hydroxyl groups is 1. The molecule has 0 aliphatic carbocycles. The van der Waals surface area contributed by atoms with Crippen LogP contribution in [0.25, 0.3) is 16.6 Å². The van der Waals surface area contributed by atoms with E-state index in [9.17, 15) is 19.5 Å². The lowest BCUT2D eigenvalue weighted by atomic mass is 9.78. The Hall–Kier alpha value is -4.85. The highest BCUT2D eigenvalue weighted by molar-refractivity contribution is 6.55. The van der Waals surface area contributed by atoms with Crippen molar-refractivity contribution in [2.75, 3.05) is 4.90 Å². The van der Waals surface area contributed by atoms with Crippen molar-refractivity contribution in [2.24, 2.45) is 0 Å². The van der Waals surface area contributed by atoms with Crippen LogP contribution < -0.4 is 15.8 Å². The molecule has 0 bridgehead atoms. The molecule has 1 fully saturated rings. The molecular weight excluding hydrogens is 432 g/mol. The molecule has 1 saturated heterocycles. The molecule has 1 aromatic heterocycles. The number of aromatic amines is 1. The van der Waals surface area contributed by atoms with Gasteiger partial charge in [0.15, 0.2) is 5.54 Å². The van der Waals surface area contributed by atoms with Gasteiger partial charge < -0.3 is 10.1 Å². The SMILES string of the molecule is O=C1C(=O)N(c2ccccc2O)C2(c3c[nH]c4ccccc34)C(=O)NNC(c3ccccc3)=C12. The first-order chi connectivity index (χ1) is 16.5. The fourth-order valence-electron chi connectivity index (χ4n) is 4.93. The smallest absolute Gasteiger partial charge is 0.300 e. The summed E-state index contributed by atoms with van der Waals surface area (Å²) in [7, 11) is 0. The lowest BCUT2D eigenvalue weighted by molar-refractivity contribution is -0.132. The number of Topliss-reactive ketones (excluding diaryl/α,β-unsaturated/α-hetero) is 1. The second kappa shape index (κ2) is 7.08. The van der Waals surface area contributed by atoms with Crippen LogP contribution in [0.5, 0.6) is 5.75 Å². The summed E-state index contributed by atoms with van der Waals surface area (Å²) in [6.07, 6.45) is 1.64. The molecule has 4 aromatic rings. The third-order valence-corrected chi connectivity index (χ3v) is 6.37. The minimum absolute atomic E-state index is 0.000422. The van der Waals surface area contributed by atoms with Crippen LogP contribution in [0.15, 0.2) is 90.6 Å². The van der Waals surface area contributed by atoms with Crippen LogP contribution in [-0.2, 0) is 19.9 Å². The van der Waals surface area contributed by atoms with Crippen molar-refractivity contribution in [1.29, 1.82) is 0 Å². The van der Waals surface area contributed by atoms with E-state index < -0.39 is 23.1 Å². The van der Waals surface area contributed by atoms with Gasteiger partial charge in [-0.1, -0.05) is 60.7 Å². The summed E-state index contributed by atoms with van der Waals surface area (Å²) >= 11 is 0. The zero-order valence-electron chi connectivity index (χ0n) is 17.7. The van der Waals surface area contributed by atoms with E-state index in [1.54, 1.807) is 42.6 Å². The van der Waals surface area contributed by atoms with Crippen LogP contribution in [0.1, 0.15) is 11.1 Å². The molecular formula is C26H18N4O4. The number of fused-ring (bicyclic) bond motifs is 2. The third-order valence-electron chi connectivity index (χ3n) is 6.37. The molecule has 4 N–H and O–H groups in total. The van der Waals surface area contributed by atoms with Gasteiger partial charge in [-0.25, -0.2) is 0 Å². The summed E-state index contributed by atoms with van der Waals surface area (Å²) in [4.78, 5) is 45.3. The predicted octanol–water partition coefficient (Wildman–Crippen LogP) is 2.73. The molecule has 2 amide bonds. The van der Waals surface area contributed by atoms with Gasteiger partial charge in [-0.05, 0) is 23.8 Å². The average molecular weight is 450 g/mol. The van der Waals surface area contributed by atoms with Gasteiger partial charge in [0.05, 0.1) is 17.0 Å². The van der Waals surface area contributed by atoms with Gasteiger partial charge in [0.1, 0.15) is 5.75 Å². The lowest BCUT2D eigenvalue weighted by Gasteiger charge is -2.40. The Labute approximate surface area is 193 Å². The molecule has 0 saturated carbocycles. The van der Waals surface area contributed by atoms with Crippen LogP contribution in [0.3, 0.4) is 0 Å². The number of hydrazine groups is 1. The first kappa shape index (κ1) is 19.8. The van der Waals surface area contributed by atoms with Gasteiger partial charge in [0.25, 0.3) is 11.7 Å². The standard InChI is InChI=1S/C26H18N4O4/c31-20-13-7-6-12-19(20)30-24(33)23(32)21-22(15-8-2-1-3-9-15)28-29-25(34)26(21,30)17-14-27-18-11-5-4-10-16(17)18/h1-14,27-28,31H,(H,29,34). The highest BCUT2D eigenvalue weighted by atomic mass is 16.3. The van der Waals surface area contributed by atoms with E-state index >= 15 is 0 Å². The highest BCUT2D eigenvalue weighted by Crippen LogP contribution is 2.51. The quantitative estimate of drug-likeness (QED) is 0.359. The number of para-hydroxylation sites is 3. The van der Waals surface area contributed by atoms with Gasteiger partial charge in [-0.15, -0.1) is 0 Å². The van der Waals surface area contributed by atoms with Crippen molar-refractivity contribution >= 4 is 39.9 Å². The maximum Gasteiger partial charge on any atom is 0.300 e. The topological polar surface area (TPSA) is 115 Å². The van der Waals surface area contributed by atoms with Crippen molar-refractivity contribution in [3.05, 3.63) is 102 Å². The van der Waals surface area contributed by atoms with Gasteiger partial charge in [0, 0.05) is 22.7 Å². The first-order valence-corrected chi connectivity index (χ1v) is 10.6. The minimum Gasteiger partial charge on any atom is -0.506 e. The van der Waals surface area contributed by atoms with Crippen molar-refractivity contribution in [3.8, 4) is 5.75 Å². The van der Waals surface area contributed by atoms with Gasteiger partial charge in [-0.2, -0.15) is 0 Å². The van der Waals surface area contributed by atoms with Crippen LogP contribution in [-0.4, -0.2) is 27.7 Å². The van der Waals surface area contributed by atoms with E-state index in [2.05, 4.69) is 15.8 Å². The minimum atomic E-state index is -1.86. The molecule has 0 radical (unpaired) electrons. The lowest BCUT2D eigenvalue weighted by Crippen LogP contribution is -2.61. The van der Waals surface area contributed by atoms with E-state index in [4.69, 9.17) is 0 Å². The molecule has 3 aromatic carbocycles. The van der Waals surface area contributed by atoms with Crippen LogP contribution in [0.2, 0.25) is 0 Å². The molecule has 3 heterocycles. The Morgan fingerprint density at radius 2 is 1.50 bits per heavy atom. The van der Waals surface area contributed by atoms with E-state index in [1.165, 1.54) is 12.1 Å². The number of amides is 2. The van der Waals surface area contributed by atoms with E-state index in [-0.39, 0.29) is 17.0 Å². The number of benzene rings is 3. The number of phenolic OH excluding ortho intramolecular Hbond substituents is 1. The normalized spacial score (nSPS) is 19.9. The van der Waals surface area contributed by atoms with Crippen molar-refractivity contribution in [1.82, 2.24) is 15.8 Å². The highest BCUT2D eigenvalue weighted by Gasteiger charge is 2.65. The maximum absolute atomic E-state index is 13.9.